The van der Waals surface area contributed by atoms with Crippen molar-refractivity contribution in [2.24, 2.45) is 0 Å². The van der Waals surface area contributed by atoms with Crippen molar-refractivity contribution in [1.82, 2.24) is 10.6 Å². The number of fused-ring (bicyclic) bond motifs is 1. The van der Waals surface area contributed by atoms with Gasteiger partial charge in [-0.25, -0.2) is 0 Å². The van der Waals surface area contributed by atoms with Gasteiger partial charge in [0.15, 0.2) is 12.2 Å². The largest absolute Gasteiger partial charge is 0.457 e. The number of ether oxygens (including phenoxy) is 4. The molecule has 4 atom stereocenters. The molecule has 0 aromatic carbocycles. The summed E-state index contributed by atoms with van der Waals surface area (Å²) in [7, 11) is 0. The van der Waals surface area contributed by atoms with Gasteiger partial charge in [-0.1, -0.05) is 0 Å². The van der Waals surface area contributed by atoms with Crippen LogP contribution in [0.4, 0.5) is 0 Å². The molecule has 2 amide bonds. The maximum atomic E-state index is 11.8. The fraction of sp³-hybridized carbons (Fsp3) is 0.750. The number of carbonyl (C=O) groups excluding carboxylic acids is 4. The highest BCUT2D eigenvalue weighted by Crippen LogP contribution is 2.30. The maximum absolute atomic E-state index is 11.8. The van der Waals surface area contributed by atoms with E-state index in [4.69, 9.17) is 18.9 Å². The fourth-order valence-electron chi connectivity index (χ4n) is 2.77. The van der Waals surface area contributed by atoms with Crippen LogP contribution in [0.5, 0.6) is 0 Å². The Morgan fingerprint density at radius 2 is 1.19 bits per heavy atom. The molecule has 0 unspecified atom stereocenters. The number of rotatable bonds is 8. The molecule has 0 aromatic heterocycles. The van der Waals surface area contributed by atoms with Gasteiger partial charge in [0, 0.05) is 26.9 Å². The monoisotopic (exact) mass is 372 g/mol. The Balaban J connectivity index is 1.72. The first-order chi connectivity index (χ1) is 12.4. The zero-order valence-electron chi connectivity index (χ0n) is 14.8. The Hall–Kier alpha value is -2.20. The molecule has 2 fully saturated rings. The standard InChI is InChI=1S/C16H24N2O8/c1-9(19)17-5-3-13(21)25-11-7-23-16-12(8-24-15(11)16)26-14(22)4-6-18-10(2)20/h11-12,15-16H,3-8H2,1-2H3,(H,17,19)(H,18,20)/t11-,12-,15-,16-/m1/s1. The molecule has 26 heavy (non-hydrogen) atoms. The van der Waals surface area contributed by atoms with Crippen LogP contribution in [0.25, 0.3) is 0 Å². The van der Waals surface area contributed by atoms with Gasteiger partial charge in [0.2, 0.25) is 11.8 Å². The molecule has 2 aliphatic heterocycles. The van der Waals surface area contributed by atoms with Crippen molar-refractivity contribution in [1.29, 1.82) is 0 Å². The molecule has 0 aromatic rings. The predicted octanol–water partition coefficient (Wildman–Crippen LogP) is -1.34. The van der Waals surface area contributed by atoms with E-state index in [-0.39, 0.29) is 51.0 Å². The molecule has 2 heterocycles. The summed E-state index contributed by atoms with van der Waals surface area (Å²) >= 11 is 0. The van der Waals surface area contributed by atoms with Crippen molar-refractivity contribution >= 4 is 23.8 Å². The van der Waals surface area contributed by atoms with Crippen LogP contribution >= 0.6 is 0 Å². The van der Waals surface area contributed by atoms with Gasteiger partial charge in [-0.2, -0.15) is 0 Å². The molecule has 0 aliphatic carbocycles. The van der Waals surface area contributed by atoms with Gasteiger partial charge in [-0.05, 0) is 0 Å². The summed E-state index contributed by atoms with van der Waals surface area (Å²) in [5.41, 5.74) is 0. The lowest BCUT2D eigenvalue weighted by Gasteiger charge is -2.17. The summed E-state index contributed by atoms with van der Waals surface area (Å²) in [5.74, 6) is -1.37. The summed E-state index contributed by atoms with van der Waals surface area (Å²) in [6.45, 7) is 3.44. The fourth-order valence-corrected chi connectivity index (χ4v) is 2.77. The third-order valence-corrected chi connectivity index (χ3v) is 3.93. The lowest BCUT2D eigenvalue weighted by Crippen LogP contribution is -2.36. The SMILES string of the molecule is CC(=O)NCCC(=O)O[C@@H]1CO[C@H]2[C@@H]1OC[C@H]2OC(=O)CCNC(C)=O. The van der Waals surface area contributed by atoms with E-state index in [0.717, 1.165) is 0 Å². The molecule has 2 N–H and O–H groups in total. The normalized spacial score (nSPS) is 26.7. The van der Waals surface area contributed by atoms with Crippen molar-refractivity contribution in [2.75, 3.05) is 26.3 Å². The average Bonchev–Trinajstić information content (AvgIpc) is 3.10. The molecular formula is C16H24N2O8. The van der Waals surface area contributed by atoms with Gasteiger partial charge in [-0.3, -0.25) is 19.2 Å². The van der Waals surface area contributed by atoms with Crippen LogP contribution in [0, 0.1) is 0 Å². The summed E-state index contributed by atoms with van der Waals surface area (Å²) in [5, 5.41) is 5.03. The average molecular weight is 372 g/mol. The zero-order valence-corrected chi connectivity index (χ0v) is 14.8. The second-order valence-electron chi connectivity index (χ2n) is 6.12. The molecule has 2 saturated heterocycles. The van der Waals surface area contributed by atoms with E-state index in [1.165, 1.54) is 13.8 Å². The Kier molecular flexibility index (Phi) is 7.34. The molecular weight excluding hydrogens is 348 g/mol. The van der Waals surface area contributed by atoms with Crippen molar-refractivity contribution in [3.8, 4) is 0 Å². The first-order valence-corrected chi connectivity index (χ1v) is 8.48. The summed E-state index contributed by atoms with van der Waals surface area (Å²) < 4.78 is 21.8. The number of amides is 2. The van der Waals surface area contributed by atoms with E-state index in [1.54, 1.807) is 0 Å². The van der Waals surface area contributed by atoms with Crippen LogP contribution < -0.4 is 10.6 Å². The molecule has 0 saturated carbocycles. The Morgan fingerprint density at radius 1 is 0.808 bits per heavy atom. The minimum absolute atomic E-state index is 0.0506. The Bertz CT molecular complexity index is 504. The van der Waals surface area contributed by atoms with E-state index in [9.17, 15) is 19.2 Å². The van der Waals surface area contributed by atoms with Gasteiger partial charge in [0.05, 0.1) is 26.1 Å². The third-order valence-electron chi connectivity index (χ3n) is 3.93. The van der Waals surface area contributed by atoms with Crippen LogP contribution in [0.3, 0.4) is 0 Å². The summed E-state index contributed by atoms with van der Waals surface area (Å²) in [4.78, 5) is 45.1. The molecule has 10 nitrogen and oxygen atoms in total. The van der Waals surface area contributed by atoms with E-state index < -0.39 is 36.4 Å². The van der Waals surface area contributed by atoms with Crippen molar-refractivity contribution in [3.63, 3.8) is 0 Å². The number of nitrogens with one attached hydrogen (secondary N) is 2. The molecule has 10 heteroatoms. The predicted molar refractivity (Wildman–Crippen MR) is 85.8 cm³/mol. The third kappa shape index (κ3) is 5.95. The molecule has 0 spiro atoms. The summed E-state index contributed by atoms with van der Waals surface area (Å²) in [6.07, 6.45) is -2.04. The van der Waals surface area contributed by atoms with Gasteiger partial charge in [0.1, 0.15) is 12.2 Å². The van der Waals surface area contributed by atoms with Crippen molar-refractivity contribution in [3.05, 3.63) is 0 Å². The van der Waals surface area contributed by atoms with Crippen LogP contribution in [-0.4, -0.2) is 74.5 Å². The molecule has 0 bridgehead atoms. The number of esters is 2. The second kappa shape index (κ2) is 9.48. The van der Waals surface area contributed by atoms with E-state index >= 15 is 0 Å². The van der Waals surface area contributed by atoms with Crippen LogP contribution in [-0.2, 0) is 38.1 Å². The minimum Gasteiger partial charge on any atom is -0.457 e. The molecule has 146 valence electrons. The highest BCUT2D eigenvalue weighted by atomic mass is 16.7. The second-order valence-corrected chi connectivity index (χ2v) is 6.12. The van der Waals surface area contributed by atoms with Crippen molar-refractivity contribution in [2.45, 2.75) is 51.1 Å². The van der Waals surface area contributed by atoms with E-state index in [2.05, 4.69) is 10.6 Å². The smallest absolute Gasteiger partial charge is 0.308 e. The number of hydrogen-bond acceptors (Lipinski definition) is 8. The van der Waals surface area contributed by atoms with Gasteiger partial charge >= 0.3 is 11.9 Å². The number of hydrogen-bond donors (Lipinski definition) is 2. The number of carbonyl (C=O) groups is 4. The maximum Gasteiger partial charge on any atom is 0.308 e. The minimum atomic E-state index is -0.576. The zero-order chi connectivity index (χ0) is 19.1. The van der Waals surface area contributed by atoms with Gasteiger partial charge in [0.25, 0.3) is 0 Å². The topological polar surface area (TPSA) is 129 Å². The lowest BCUT2D eigenvalue weighted by molar-refractivity contribution is -0.155. The Morgan fingerprint density at radius 3 is 1.54 bits per heavy atom. The van der Waals surface area contributed by atoms with E-state index in [1.807, 2.05) is 0 Å². The van der Waals surface area contributed by atoms with Crippen LogP contribution in [0.2, 0.25) is 0 Å². The van der Waals surface area contributed by atoms with Gasteiger partial charge in [-0.15, -0.1) is 0 Å². The molecule has 0 radical (unpaired) electrons. The van der Waals surface area contributed by atoms with E-state index in [0.29, 0.717) is 0 Å². The van der Waals surface area contributed by atoms with Crippen LogP contribution in [0.15, 0.2) is 0 Å². The molecule has 2 rings (SSSR count). The highest BCUT2D eigenvalue weighted by molar-refractivity contribution is 5.75. The summed E-state index contributed by atoms with van der Waals surface area (Å²) in [6, 6.07) is 0. The highest BCUT2D eigenvalue weighted by Gasteiger charge is 2.51. The lowest BCUT2D eigenvalue weighted by atomic mass is 10.1. The van der Waals surface area contributed by atoms with Crippen LogP contribution in [0.1, 0.15) is 26.7 Å². The Labute approximate surface area is 150 Å². The van der Waals surface area contributed by atoms with Crippen molar-refractivity contribution < 1.29 is 38.1 Å². The first-order valence-electron chi connectivity index (χ1n) is 8.48. The quantitative estimate of drug-likeness (QED) is 0.501. The molecule has 2 aliphatic rings. The van der Waals surface area contributed by atoms with Gasteiger partial charge < -0.3 is 29.6 Å². The first kappa shape index (κ1) is 20.1.